The van der Waals surface area contributed by atoms with Gasteiger partial charge in [0.2, 0.25) is 0 Å². The van der Waals surface area contributed by atoms with Gasteiger partial charge in [-0.1, -0.05) is 32.2 Å². The minimum absolute atomic E-state index is 0. The van der Waals surface area contributed by atoms with E-state index in [1.54, 1.807) is 0 Å². The van der Waals surface area contributed by atoms with Crippen molar-refractivity contribution in [2.24, 2.45) is 0 Å². The van der Waals surface area contributed by atoms with Crippen molar-refractivity contribution in [3.05, 3.63) is 54.4 Å². The molecule has 3 aromatic heterocycles. The SMILES string of the molecule is CC(C)(C)c1nc2ccc[c-]c2c2nc3ccccn3c12.[Ir]. The van der Waals surface area contributed by atoms with Crippen LogP contribution in [0.1, 0.15) is 26.5 Å². The maximum atomic E-state index is 4.90. The Kier molecular flexibility index (Phi) is 3.54. The molecule has 0 spiro atoms. The Bertz CT molecular complexity index is 980. The van der Waals surface area contributed by atoms with Crippen LogP contribution in [0.5, 0.6) is 0 Å². The number of imidazole rings is 1. The molecular formula is C18H16IrN3-. The number of fused-ring (bicyclic) bond motifs is 5. The first-order chi connectivity index (χ1) is 10.1. The van der Waals surface area contributed by atoms with Gasteiger partial charge in [-0.25, -0.2) is 0 Å². The third kappa shape index (κ3) is 2.14. The Hall–Kier alpha value is -1.77. The predicted octanol–water partition coefficient (Wildman–Crippen LogP) is 4.13. The summed E-state index contributed by atoms with van der Waals surface area (Å²) < 4.78 is 2.13. The van der Waals surface area contributed by atoms with Crippen LogP contribution in [0.4, 0.5) is 0 Å². The van der Waals surface area contributed by atoms with E-state index in [1.807, 2.05) is 36.4 Å². The van der Waals surface area contributed by atoms with Gasteiger partial charge in [-0.3, -0.25) is 4.98 Å². The van der Waals surface area contributed by atoms with Crippen molar-refractivity contribution in [2.75, 3.05) is 0 Å². The molecule has 0 N–H and O–H groups in total. The largest absolute Gasteiger partial charge is 0.307 e. The quantitative estimate of drug-likeness (QED) is 0.365. The molecule has 4 heteroatoms. The average Bonchev–Trinajstić information content (AvgIpc) is 2.85. The molecule has 3 heterocycles. The van der Waals surface area contributed by atoms with Crippen LogP contribution in [0, 0.1) is 6.07 Å². The zero-order valence-corrected chi connectivity index (χ0v) is 15.1. The van der Waals surface area contributed by atoms with Crippen molar-refractivity contribution in [3.8, 4) is 0 Å². The Balaban J connectivity index is 0.00000144. The van der Waals surface area contributed by atoms with Crippen LogP contribution < -0.4 is 0 Å². The maximum absolute atomic E-state index is 4.90. The summed E-state index contributed by atoms with van der Waals surface area (Å²) in [7, 11) is 0. The molecule has 0 unspecified atom stereocenters. The van der Waals surface area contributed by atoms with Crippen LogP contribution in [0.15, 0.2) is 42.6 Å². The Morgan fingerprint density at radius 3 is 2.64 bits per heavy atom. The molecule has 0 atom stereocenters. The van der Waals surface area contributed by atoms with E-state index in [0.29, 0.717) is 0 Å². The van der Waals surface area contributed by atoms with Crippen molar-refractivity contribution in [1.82, 2.24) is 14.4 Å². The fourth-order valence-corrected chi connectivity index (χ4v) is 2.80. The number of aromatic nitrogens is 3. The fourth-order valence-electron chi connectivity index (χ4n) is 2.80. The van der Waals surface area contributed by atoms with Crippen LogP contribution in [0.3, 0.4) is 0 Å². The van der Waals surface area contributed by atoms with Crippen LogP contribution in [0.2, 0.25) is 0 Å². The monoisotopic (exact) mass is 467 g/mol. The smallest absolute Gasteiger partial charge is 0.127 e. The van der Waals surface area contributed by atoms with Crippen LogP contribution in [-0.2, 0) is 25.5 Å². The van der Waals surface area contributed by atoms with Crippen molar-refractivity contribution in [3.63, 3.8) is 0 Å². The normalized spacial score (nSPS) is 12.0. The van der Waals surface area contributed by atoms with E-state index in [9.17, 15) is 0 Å². The van der Waals surface area contributed by atoms with Crippen LogP contribution >= 0.6 is 0 Å². The summed E-state index contributed by atoms with van der Waals surface area (Å²) in [6, 6.07) is 15.3. The second kappa shape index (κ2) is 5.15. The number of nitrogens with zero attached hydrogens (tertiary/aromatic N) is 3. The van der Waals surface area contributed by atoms with Crippen molar-refractivity contribution >= 4 is 27.6 Å². The van der Waals surface area contributed by atoms with E-state index in [4.69, 9.17) is 9.97 Å². The van der Waals surface area contributed by atoms with E-state index < -0.39 is 0 Å². The molecule has 0 aliphatic rings. The Morgan fingerprint density at radius 1 is 1.05 bits per heavy atom. The summed E-state index contributed by atoms with van der Waals surface area (Å²) in [4.78, 5) is 9.71. The first-order valence-corrected chi connectivity index (χ1v) is 7.13. The first-order valence-electron chi connectivity index (χ1n) is 7.13. The topological polar surface area (TPSA) is 30.2 Å². The Morgan fingerprint density at radius 2 is 1.86 bits per heavy atom. The average molecular weight is 467 g/mol. The zero-order chi connectivity index (χ0) is 14.6. The van der Waals surface area contributed by atoms with Gasteiger partial charge in [-0.05, 0) is 17.6 Å². The van der Waals surface area contributed by atoms with E-state index in [2.05, 4.69) is 37.4 Å². The van der Waals surface area contributed by atoms with Gasteiger partial charge in [0, 0.05) is 37.2 Å². The number of rotatable bonds is 0. The molecule has 0 aliphatic carbocycles. The summed E-state index contributed by atoms with van der Waals surface area (Å²) >= 11 is 0. The van der Waals surface area contributed by atoms with Crippen LogP contribution in [-0.4, -0.2) is 14.4 Å². The van der Waals surface area contributed by atoms with Gasteiger partial charge in [-0.2, -0.15) is 0 Å². The molecule has 22 heavy (non-hydrogen) atoms. The van der Waals surface area contributed by atoms with E-state index in [-0.39, 0.29) is 25.5 Å². The van der Waals surface area contributed by atoms with Gasteiger partial charge < -0.3 is 9.38 Å². The molecule has 0 fully saturated rings. The molecule has 0 saturated heterocycles. The summed E-state index contributed by atoms with van der Waals surface area (Å²) in [5.41, 5.74) is 5.00. The molecule has 0 aliphatic heterocycles. The molecule has 113 valence electrons. The first kappa shape index (κ1) is 15.1. The minimum atomic E-state index is -0.0475. The number of hydrogen-bond acceptors (Lipinski definition) is 2. The molecule has 1 aromatic carbocycles. The molecule has 3 nitrogen and oxygen atoms in total. The summed E-state index contributed by atoms with van der Waals surface area (Å²) in [6.07, 6.45) is 2.05. The van der Waals surface area contributed by atoms with Gasteiger partial charge in [0.1, 0.15) is 5.65 Å². The molecule has 4 aromatic rings. The van der Waals surface area contributed by atoms with Gasteiger partial charge in [0.05, 0.1) is 11.2 Å². The van der Waals surface area contributed by atoms with E-state index in [0.717, 1.165) is 33.3 Å². The third-order valence-corrected chi connectivity index (χ3v) is 3.77. The summed E-state index contributed by atoms with van der Waals surface area (Å²) in [5, 5.41) is 0.990. The molecule has 4 rings (SSSR count). The molecule has 0 saturated carbocycles. The van der Waals surface area contributed by atoms with Crippen molar-refractivity contribution in [1.29, 1.82) is 0 Å². The number of pyridine rings is 2. The van der Waals surface area contributed by atoms with E-state index in [1.165, 1.54) is 0 Å². The van der Waals surface area contributed by atoms with E-state index >= 15 is 0 Å². The summed E-state index contributed by atoms with van der Waals surface area (Å²) in [5.74, 6) is 0. The summed E-state index contributed by atoms with van der Waals surface area (Å²) in [6.45, 7) is 6.57. The van der Waals surface area contributed by atoms with Crippen molar-refractivity contribution in [2.45, 2.75) is 26.2 Å². The predicted molar refractivity (Wildman–Crippen MR) is 85.5 cm³/mol. The molecule has 1 radical (unpaired) electrons. The van der Waals surface area contributed by atoms with Crippen LogP contribution in [0.25, 0.3) is 27.6 Å². The van der Waals surface area contributed by atoms with Crippen molar-refractivity contribution < 1.29 is 20.1 Å². The second-order valence-electron chi connectivity index (χ2n) is 6.38. The zero-order valence-electron chi connectivity index (χ0n) is 12.7. The maximum Gasteiger partial charge on any atom is 0.127 e. The van der Waals surface area contributed by atoms with Gasteiger partial charge >= 0.3 is 0 Å². The minimum Gasteiger partial charge on any atom is -0.307 e. The molecule has 0 amide bonds. The van der Waals surface area contributed by atoms with Gasteiger partial charge in [-0.15, -0.1) is 24.3 Å². The molecular weight excluding hydrogens is 450 g/mol. The standard InChI is InChI=1S/C18H16N3.Ir/c1-18(2,3)17-16-15(12-8-4-5-9-13(12)19-17)20-14-10-6-7-11-21(14)16;/h4-7,9-11H,1-3H3;/q-1;. The number of benzene rings is 1. The van der Waals surface area contributed by atoms with Gasteiger partial charge in [0.25, 0.3) is 0 Å². The number of hydrogen-bond donors (Lipinski definition) is 0. The Labute approximate surface area is 142 Å². The molecule has 0 bridgehead atoms. The fraction of sp³-hybridized carbons (Fsp3) is 0.222. The second-order valence-corrected chi connectivity index (χ2v) is 6.38. The third-order valence-electron chi connectivity index (χ3n) is 3.77. The van der Waals surface area contributed by atoms with Gasteiger partial charge in [0.15, 0.2) is 0 Å².